The van der Waals surface area contributed by atoms with Crippen LogP contribution >= 0.6 is 0 Å². The van der Waals surface area contributed by atoms with Gasteiger partial charge in [0.25, 0.3) is 17.7 Å². The summed E-state index contributed by atoms with van der Waals surface area (Å²) in [5, 5.41) is 8.97. The number of hydrogen-bond acceptors (Lipinski definition) is 4. The number of hydrogen-bond donors (Lipinski definition) is 2. The van der Waals surface area contributed by atoms with E-state index in [4.69, 9.17) is 0 Å². The lowest BCUT2D eigenvalue weighted by Gasteiger charge is -2.25. The van der Waals surface area contributed by atoms with Crippen molar-refractivity contribution in [2.45, 2.75) is 58.3 Å². The molecule has 3 aromatic rings. The molecule has 39 heavy (non-hydrogen) atoms. The first-order valence-electron chi connectivity index (χ1n) is 12.9. The smallest absolute Gasteiger partial charge is 0.337 e. The molecule has 0 saturated heterocycles. The number of amides is 2. The predicted octanol–water partition coefficient (Wildman–Crippen LogP) is 4.25. The number of aromatic amines is 1. The van der Waals surface area contributed by atoms with Gasteiger partial charge in [0.2, 0.25) is 0 Å². The average molecular weight is 546 g/mol. The van der Waals surface area contributed by atoms with Crippen LogP contribution in [0, 0.1) is 37.5 Å². The van der Waals surface area contributed by atoms with Crippen molar-refractivity contribution >= 4 is 17.6 Å². The van der Waals surface area contributed by atoms with Crippen LogP contribution in [0.4, 0.5) is 23.4 Å². The Morgan fingerprint density at radius 1 is 1.10 bits per heavy atom. The number of carbonyl (C=O) groups is 2. The minimum Gasteiger partial charge on any atom is -0.337 e. The van der Waals surface area contributed by atoms with Crippen molar-refractivity contribution in [1.29, 1.82) is 0 Å². The first-order valence-corrected chi connectivity index (χ1v) is 12.9. The van der Waals surface area contributed by atoms with Crippen molar-refractivity contribution in [3.05, 3.63) is 59.6 Å². The van der Waals surface area contributed by atoms with Gasteiger partial charge in [-0.3, -0.25) is 14.5 Å². The summed E-state index contributed by atoms with van der Waals surface area (Å²) in [4.78, 5) is 33.5. The van der Waals surface area contributed by atoms with Crippen LogP contribution in [0.5, 0.6) is 0 Å². The number of halogens is 4. The molecule has 8 nitrogen and oxygen atoms in total. The normalized spacial score (nSPS) is 16.3. The third-order valence-corrected chi connectivity index (χ3v) is 7.23. The van der Waals surface area contributed by atoms with E-state index >= 15 is 4.39 Å². The van der Waals surface area contributed by atoms with Gasteiger partial charge in [-0.05, 0) is 81.0 Å². The molecule has 3 N–H and O–H groups in total. The lowest BCUT2D eigenvalue weighted by molar-refractivity contribution is -0.404. The molecule has 0 spiro atoms. The van der Waals surface area contributed by atoms with Gasteiger partial charge in [0.15, 0.2) is 0 Å². The molecule has 5 rings (SSSR count). The Bertz CT molecular complexity index is 1390. The summed E-state index contributed by atoms with van der Waals surface area (Å²) >= 11 is 0. The van der Waals surface area contributed by atoms with E-state index in [1.54, 1.807) is 13.1 Å². The summed E-state index contributed by atoms with van der Waals surface area (Å²) in [5.41, 5.74) is 2.13. The van der Waals surface area contributed by atoms with Crippen LogP contribution in [0.2, 0.25) is 0 Å². The maximum atomic E-state index is 15.1. The molecule has 0 aliphatic heterocycles. The van der Waals surface area contributed by atoms with Crippen LogP contribution in [-0.4, -0.2) is 38.8 Å². The molecule has 3 heterocycles. The van der Waals surface area contributed by atoms with Gasteiger partial charge in [0.05, 0.1) is 5.56 Å². The highest BCUT2D eigenvalue weighted by atomic mass is 19.4. The zero-order valence-corrected chi connectivity index (χ0v) is 21.5. The molecule has 2 saturated carbocycles. The minimum absolute atomic E-state index is 0.0891. The Morgan fingerprint density at radius 3 is 2.41 bits per heavy atom. The van der Waals surface area contributed by atoms with Crippen LogP contribution in [0.25, 0.3) is 11.1 Å². The van der Waals surface area contributed by atoms with E-state index in [2.05, 4.69) is 25.7 Å². The molecule has 12 heteroatoms. The van der Waals surface area contributed by atoms with E-state index in [0.29, 0.717) is 21.5 Å². The molecule has 2 fully saturated rings. The highest BCUT2D eigenvalue weighted by molar-refractivity contribution is 6.00. The molecule has 0 radical (unpaired) electrons. The van der Waals surface area contributed by atoms with Gasteiger partial charge < -0.3 is 5.32 Å². The maximum absolute atomic E-state index is 15.1. The van der Waals surface area contributed by atoms with Crippen molar-refractivity contribution in [3.8, 4) is 11.1 Å². The van der Waals surface area contributed by atoms with Crippen LogP contribution < -0.4 is 15.6 Å². The number of pyridine rings is 2. The average Bonchev–Trinajstić information content (AvgIpc) is 3.79. The Kier molecular flexibility index (Phi) is 7.13. The molecule has 206 valence electrons. The molecule has 2 aliphatic carbocycles. The summed E-state index contributed by atoms with van der Waals surface area (Å²) in [6.07, 6.45) is 1.87. The Morgan fingerprint density at radius 2 is 1.79 bits per heavy atom. The second kappa shape index (κ2) is 10.4. The number of nitrogens with zero attached hydrogens (tertiary/aromatic N) is 3. The van der Waals surface area contributed by atoms with Crippen molar-refractivity contribution in [1.82, 2.24) is 20.1 Å². The number of alkyl halides is 3. The van der Waals surface area contributed by atoms with Crippen LogP contribution in [0.15, 0.2) is 36.7 Å². The number of rotatable bonds is 9. The molecule has 3 aromatic heterocycles. The van der Waals surface area contributed by atoms with E-state index in [-0.39, 0.29) is 29.3 Å². The minimum atomic E-state index is -4.57. The number of H-pyrrole nitrogens is 1. The first-order chi connectivity index (χ1) is 18.5. The lowest BCUT2D eigenvalue weighted by Crippen LogP contribution is -2.51. The number of aryl methyl sites for hydroxylation is 2. The van der Waals surface area contributed by atoms with Gasteiger partial charge in [0, 0.05) is 29.7 Å². The Labute approximate surface area is 222 Å². The molecule has 2 amide bonds. The van der Waals surface area contributed by atoms with Gasteiger partial charge >= 0.3 is 12.1 Å². The molecule has 1 atom stereocenters. The fourth-order valence-electron chi connectivity index (χ4n) is 5.13. The van der Waals surface area contributed by atoms with Gasteiger partial charge in [0.1, 0.15) is 18.3 Å². The zero-order chi connectivity index (χ0) is 27.9. The first kappa shape index (κ1) is 26.8. The summed E-state index contributed by atoms with van der Waals surface area (Å²) in [6, 6.07) is 5.05. The maximum Gasteiger partial charge on any atom is 0.408 e. The molecule has 0 unspecified atom stereocenters. The third-order valence-electron chi connectivity index (χ3n) is 7.23. The number of carbonyl (C=O) groups excluding carboxylic acids is 2. The van der Waals surface area contributed by atoms with Crippen LogP contribution in [0.1, 0.15) is 47.4 Å². The second-order valence-corrected chi connectivity index (χ2v) is 10.4. The second-order valence-electron chi connectivity index (χ2n) is 10.4. The lowest BCUT2D eigenvalue weighted by atomic mass is 9.88. The molecular formula is C27H29F4N6O2+. The van der Waals surface area contributed by atoms with Crippen LogP contribution in [-0.2, 0) is 11.3 Å². The zero-order valence-electron chi connectivity index (χ0n) is 21.5. The summed E-state index contributed by atoms with van der Waals surface area (Å²) in [5.74, 6) is -1.67. The Balaban J connectivity index is 1.38. The van der Waals surface area contributed by atoms with Gasteiger partial charge in [-0.25, -0.2) is 15.1 Å². The van der Waals surface area contributed by atoms with E-state index < -0.39 is 36.5 Å². The molecule has 2 aliphatic rings. The SMILES string of the molecule is Cc1cnc(C)c(-c2ccc(NC(=O)[C@@H](NC(=O)c3ccnn3CC(F)(F)F)C(C3CC3)C3CC3)[nH+]c2F)c1. The molecule has 0 bridgehead atoms. The highest BCUT2D eigenvalue weighted by Gasteiger charge is 2.49. The largest absolute Gasteiger partial charge is 0.408 e. The Hall–Kier alpha value is -3.83. The number of nitrogens with one attached hydrogen (secondary N) is 3. The quantitative estimate of drug-likeness (QED) is 0.310. The number of anilines is 1. The van der Waals surface area contributed by atoms with Crippen molar-refractivity contribution in [2.75, 3.05) is 5.32 Å². The van der Waals surface area contributed by atoms with Gasteiger partial charge in [-0.15, -0.1) is 0 Å². The summed E-state index contributed by atoms with van der Waals surface area (Å²) in [7, 11) is 0. The third kappa shape index (κ3) is 6.26. The highest BCUT2D eigenvalue weighted by Crippen LogP contribution is 2.51. The van der Waals surface area contributed by atoms with Crippen LogP contribution in [0.3, 0.4) is 0 Å². The summed E-state index contributed by atoms with van der Waals surface area (Å²) < 4.78 is 54.6. The van der Waals surface area contributed by atoms with Gasteiger partial charge in [-0.1, -0.05) is 0 Å². The summed E-state index contributed by atoms with van der Waals surface area (Å²) in [6.45, 7) is 2.20. The van der Waals surface area contributed by atoms with E-state index in [1.165, 1.54) is 18.2 Å². The van der Waals surface area contributed by atoms with Crippen molar-refractivity contribution in [2.24, 2.45) is 17.8 Å². The van der Waals surface area contributed by atoms with Crippen molar-refractivity contribution in [3.63, 3.8) is 0 Å². The molecular weight excluding hydrogens is 516 g/mol. The standard InChI is InChI=1S/C27H28F4N6O2/c1-14-11-19(15(2)32-12-14)18-7-8-21(34-24(18)28)35-26(39)23(22(16-3-4-16)17-5-6-17)36-25(38)20-9-10-33-37(20)13-27(29,30)31/h7-12,16-17,22-23H,3-6,13H2,1-2H3,(H,36,38)(H,34,35,39)/p+1/t23-/m0/s1. The monoisotopic (exact) mass is 545 g/mol. The predicted molar refractivity (Wildman–Crippen MR) is 133 cm³/mol. The van der Waals surface area contributed by atoms with Crippen molar-refractivity contribution < 1.29 is 32.1 Å². The molecule has 0 aromatic carbocycles. The van der Waals surface area contributed by atoms with E-state index in [0.717, 1.165) is 37.4 Å². The fourth-order valence-corrected chi connectivity index (χ4v) is 5.13. The van der Waals surface area contributed by atoms with E-state index in [9.17, 15) is 22.8 Å². The fraction of sp³-hybridized carbons (Fsp3) is 0.444. The number of aromatic nitrogens is 4. The van der Waals surface area contributed by atoms with E-state index in [1.807, 2.05) is 13.0 Å². The van der Waals surface area contributed by atoms with Gasteiger partial charge in [-0.2, -0.15) is 22.7 Å². The topological polar surface area (TPSA) is 103 Å².